The summed E-state index contributed by atoms with van der Waals surface area (Å²) in [6.45, 7) is 1.96. The van der Waals surface area contributed by atoms with Crippen LogP contribution in [0.15, 0.2) is 36.9 Å². The Kier molecular flexibility index (Phi) is 3.49. The highest BCUT2D eigenvalue weighted by Gasteiger charge is 2.09. The van der Waals surface area contributed by atoms with E-state index < -0.39 is 0 Å². The van der Waals surface area contributed by atoms with E-state index in [2.05, 4.69) is 9.97 Å². The Labute approximate surface area is 104 Å². The van der Waals surface area contributed by atoms with Crippen molar-refractivity contribution in [1.82, 2.24) is 9.97 Å². The summed E-state index contributed by atoms with van der Waals surface area (Å²) in [5.41, 5.74) is 2.41. The molecular weight excluding hydrogens is 236 g/mol. The number of carbonyl (C=O) groups excluding carboxylic acids is 1. The van der Waals surface area contributed by atoms with Crippen LogP contribution in [0.25, 0.3) is 0 Å². The topological polar surface area (TPSA) is 42.9 Å². The van der Waals surface area contributed by atoms with Gasteiger partial charge in [0.15, 0.2) is 5.78 Å². The first-order valence-electron chi connectivity index (χ1n) is 5.20. The molecule has 1 heterocycles. The average molecular weight is 247 g/mol. The molecule has 0 amide bonds. The Morgan fingerprint density at radius 1 is 1.29 bits per heavy atom. The molecule has 86 valence electrons. The molecule has 0 saturated carbocycles. The van der Waals surface area contributed by atoms with Crippen LogP contribution in [0, 0.1) is 6.92 Å². The Hall–Kier alpha value is -1.74. The fraction of sp³-hybridized carbons (Fsp3) is 0.154. The van der Waals surface area contributed by atoms with E-state index in [4.69, 9.17) is 11.6 Å². The first-order chi connectivity index (χ1) is 8.16. The van der Waals surface area contributed by atoms with Gasteiger partial charge in [-0.1, -0.05) is 23.7 Å². The average Bonchev–Trinajstić information content (AvgIpc) is 2.34. The number of rotatable bonds is 3. The molecule has 0 aliphatic heterocycles. The quantitative estimate of drug-likeness (QED) is 0.782. The molecule has 0 N–H and O–H groups in total. The second-order valence-electron chi connectivity index (χ2n) is 3.82. The van der Waals surface area contributed by atoms with Gasteiger partial charge in [0, 0.05) is 23.8 Å². The van der Waals surface area contributed by atoms with Gasteiger partial charge in [0.05, 0.1) is 5.56 Å². The van der Waals surface area contributed by atoms with Gasteiger partial charge < -0.3 is 0 Å². The van der Waals surface area contributed by atoms with Crippen LogP contribution in [0.3, 0.4) is 0 Å². The molecule has 4 heteroatoms. The van der Waals surface area contributed by atoms with Gasteiger partial charge in [-0.05, 0) is 24.1 Å². The van der Waals surface area contributed by atoms with Crippen molar-refractivity contribution >= 4 is 17.4 Å². The second kappa shape index (κ2) is 5.06. The maximum atomic E-state index is 11.9. The molecule has 3 nitrogen and oxygen atoms in total. The highest BCUT2D eigenvalue weighted by molar-refractivity contribution is 6.31. The van der Waals surface area contributed by atoms with Crippen LogP contribution in [0.2, 0.25) is 5.02 Å². The fourth-order valence-electron chi connectivity index (χ4n) is 1.51. The van der Waals surface area contributed by atoms with E-state index in [1.165, 1.54) is 18.7 Å². The van der Waals surface area contributed by atoms with Crippen molar-refractivity contribution in [3.05, 3.63) is 58.6 Å². The third kappa shape index (κ3) is 2.88. The Balaban J connectivity index is 2.19. The van der Waals surface area contributed by atoms with Crippen LogP contribution < -0.4 is 0 Å². The minimum atomic E-state index is -0.0312. The molecule has 0 bridgehead atoms. The maximum Gasteiger partial charge on any atom is 0.170 e. The molecule has 0 fully saturated rings. The predicted octanol–water partition coefficient (Wildman–Crippen LogP) is 2.86. The summed E-state index contributed by atoms with van der Waals surface area (Å²) in [4.78, 5) is 19.6. The van der Waals surface area contributed by atoms with Crippen LogP contribution in [0.1, 0.15) is 21.5 Å². The van der Waals surface area contributed by atoms with E-state index in [0.29, 0.717) is 10.6 Å². The molecule has 0 radical (unpaired) electrons. The highest BCUT2D eigenvalue weighted by Crippen LogP contribution is 2.19. The van der Waals surface area contributed by atoms with E-state index in [1.54, 1.807) is 0 Å². The van der Waals surface area contributed by atoms with Crippen molar-refractivity contribution in [3.8, 4) is 0 Å². The normalized spacial score (nSPS) is 10.2. The SMILES string of the molecule is Cc1ccc(CC(=O)c2cncnc2)c(Cl)c1. The fourth-order valence-corrected chi connectivity index (χ4v) is 1.82. The molecule has 0 atom stereocenters. The number of aryl methyl sites for hydroxylation is 1. The summed E-state index contributed by atoms with van der Waals surface area (Å²) in [7, 11) is 0. The lowest BCUT2D eigenvalue weighted by Crippen LogP contribution is -2.05. The lowest BCUT2D eigenvalue weighted by Gasteiger charge is -2.04. The Bertz CT molecular complexity index is 540. The van der Waals surface area contributed by atoms with Gasteiger partial charge in [0.25, 0.3) is 0 Å². The van der Waals surface area contributed by atoms with E-state index in [9.17, 15) is 4.79 Å². The molecule has 0 aliphatic rings. The third-order valence-corrected chi connectivity index (χ3v) is 2.79. The molecule has 1 aromatic carbocycles. The van der Waals surface area contributed by atoms with Gasteiger partial charge >= 0.3 is 0 Å². The Morgan fingerprint density at radius 2 is 2.00 bits per heavy atom. The van der Waals surface area contributed by atoms with Crippen molar-refractivity contribution in [2.75, 3.05) is 0 Å². The lowest BCUT2D eigenvalue weighted by molar-refractivity contribution is 0.0992. The van der Waals surface area contributed by atoms with E-state index in [0.717, 1.165) is 11.1 Å². The van der Waals surface area contributed by atoms with Crippen molar-refractivity contribution in [3.63, 3.8) is 0 Å². The summed E-state index contributed by atoms with van der Waals surface area (Å²) in [5.74, 6) is -0.0312. The molecule has 0 unspecified atom stereocenters. The van der Waals surface area contributed by atoms with Gasteiger partial charge in [0.1, 0.15) is 6.33 Å². The van der Waals surface area contributed by atoms with E-state index in [-0.39, 0.29) is 12.2 Å². The monoisotopic (exact) mass is 246 g/mol. The van der Waals surface area contributed by atoms with Crippen LogP contribution in [0.4, 0.5) is 0 Å². The molecule has 1 aromatic heterocycles. The third-order valence-electron chi connectivity index (χ3n) is 2.44. The number of Topliss-reactive ketones (excluding diaryl/α,β-unsaturated/α-hetero) is 1. The van der Waals surface area contributed by atoms with Crippen molar-refractivity contribution in [1.29, 1.82) is 0 Å². The zero-order valence-corrected chi connectivity index (χ0v) is 10.1. The van der Waals surface area contributed by atoms with Crippen LogP contribution in [-0.4, -0.2) is 15.8 Å². The number of aromatic nitrogens is 2. The predicted molar refractivity (Wildman–Crippen MR) is 66.3 cm³/mol. The lowest BCUT2D eigenvalue weighted by atomic mass is 10.0. The van der Waals surface area contributed by atoms with Crippen LogP contribution in [-0.2, 0) is 6.42 Å². The Morgan fingerprint density at radius 3 is 2.65 bits per heavy atom. The number of carbonyl (C=O) groups is 1. The summed E-state index contributed by atoms with van der Waals surface area (Å²) >= 11 is 6.08. The zero-order chi connectivity index (χ0) is 12.3. The zero-order valence-electron chi connectivity index (χ0n) is 9.35. The molecule has 0 aliphatic carbocycles. The van der Waals surface area contributed by atoms with E-state index >= 15 is 0 Å². The van der Waals surface area contributed by atoms with Gasteiger partial charge in [-0.25, -0.2) is 9.97 Å². The number of nitrogens with zero attached hydrogens (tertiary/aromatic N) is 2. The second-order valence-corrected chi connectivity index (χ2v) is 4.23. The first-order valence-corrected chi connectivity index (χ1v) is 5.58. The first kappa shape index (κ1) is 11.7. The molecule has 17 heavy (non-hydrogen) atoms. The van der Waals surface area contributed by atoms with Crippen LogP contribution >= 0.6 is 11.6 Å². The minimum absolute atomic E-state index is 0.0312. The van der Waals surface area contributed by atoms with Crippen LogP contribution in [0.5, 0.6) is 0 Å². The van der Waals surface area contributed by atoms with Gasteiger partial charge in [-0.3, -0.25) is 4.79 Å². The molecule has 2 aromatic rings. The number of hydrogen-bond acceptors (Lipinski definition) is 3. The number of benzene rings is 1. The number of hydrogen-bond donors (Lipinski definition) is 0. The smallest absolute Gasteiger partial charge is 0.170 e. The minimum Gasteiger partial charge on any atom is -0.294 e. The molecule has 0 spiro atoms. The van der Waals surface area contributed by atoms with Gasteiger partial charge in [-0.15, -0.1) is 0 Å². The maximum absolute atomic E-state index is 11.9. The molecule has 2 rings (SSSR count). The summed E-state index contributed by atoms with van der Waals surface area (Å²) in [6, 6.07) is 5.67. The number of ketones is 1. The van der Waals surface area contributed by atoms with Crippen molar-refractivity contribution in [2.24, 2.45) is 0 Å². The largest absolute Gasteiger partial charge is 0.294 e. The van der Waals surface area contributed by atoms with Crippen molar-refractivity contribution in [2.45, 2.75) is 13.3 Å². The van der Waals surface area contributed by atoms with Crippen molar-refractivity contribution < 1.29 is 4.79 Å². The summed E-state index contributed by atoms with van der Waals surface area (Å²) in [5, 5.41) is 0.621. The molecular formula is C13H11ClN2O. The highest BCUT2D eigenvalue weighted by atomic mass is 35.5. The summed E-state index contributed by atoms with van der Waals surface area (Å²) in [6.07, 6.45) is 4.69. The number of halogens is 1. The summed E-state index contributed by atoms with van der Waals surface area (Å²) < 4.78 is 0. The standard InChI is InChI=1S/C13H11ClN2O/c1-9-2-3-10(12(14)4-9)5-13(17)11-6-15-8-16-7-11/h2-4,6-8H,5H2,1H3. The van der Waals surface area contributed by atoms with Gasteiger partial charge in [-0.2, -0.15) is 0 Å². The molecule has 0 saturated heterocycles. The van der Waals surface area contributed by atoms with Gasteiger partial charge in [0.2, 0.25) is 0 Å². The van der Waals surface area contributed by atoms with E-state index in [1.807, 2.05) is 25.1 Å².